The number of nitrogens with two attached hydrogens (primary N) is 1. The standard InChI is InChI=1S/C6H14N2S2/c1-2-3-4-5-8(10)6(7)9/h10H,2-5H2,1H3,(H2,7,9). The number of hydrogen-bond acceptors (Lipinski definition) is 2. The average molecular weight is 178 g/mol. The van der Waals surface area contributed by atoms with Gasteiger partial charge in [0.15, 0.2) is 5.11 Å². The lowest BCUT2D eigenvalue weighted by molar-refractivity contribution is 0.600. The summed E-state index contributed by atoms with van der Waals surface area (Å²) in [6.07, 6.45) is 3.52. The fraction of sp³-hybridized carbons (Fsp3) is 0.833. The van der Waals surface area contributed by atoms with Crippen molar-refractivity contribution in [3.8, 4) is 0 Å². The van der Waals surface area contributed by atoms with Crippen LogP contribution in [0.5, 0.6) is 0 Å². The number of hydrogen-bond donors (Lipinski definition) is 2. The van der Waals surface area contributed by atoms with E-state index in [0.717, 1.165) is 13.0 Å². The van der Waals surface area contributed by atoms with E-state index in [1.165, 1.54) is 12.8 Å². The van der Waals surface area contributed by atoms with Crippen LogP contribution in [0.25, 0.3) is 0 Å². The maximum atomic E-state index is 5.30. The van der Waals surface area contributed by atoms with E-state index in [1.54, 1.807) is 4.31 Å². The van der Waals surface area contributed by atoms with E-state index in [-0.39, 0.29) is 0 Å². The van der Waals surface area contributed by atoms with Gasteiger partial charge in [-0.05, 0) is 18.6 Å². The Bertz CT molecular complexity index is 106. The van der Waals surface area contributed by atoms with Crippen molar-refractivity contribution in [1.29, 1.82) is 0 Å². The van der Waals surface area contributed by atoms with E-state index >= 15 is 0 Å². The smallest absolute Gasteiger partial charge is 0.176 e. The Morgan fingerprint density at radius 1 is 1.60 bits per heavy atom. The van der Waals surface area contributed by atoms with Crippen LogP contribution in [0, 0.1) is 0 Å². The largest absolute Gasteiger partial charge is 0.375 e. The van der Waals surface area contributed by atoms with E-state index in [1.807, 2.05) is 0 Å². The van der Waals surface area contributed by atoms with Gasteiger partial charge in [0.05, 0.1) is 0 Å². The normalized spacial score (nSPS) is 9.40. The third kappa shape index (κ3) is 4.88. The van der Waals surface area contributed by atoms with Crippen molar-refractivity contribution in [3.63, 3.8) is 0 Å². The minimum absolute atomic E-state index is 0.361. The molecule has 0 amide bonds. The van der Waals surface area contributed by atoms with Gasteiger partial charge in [-0.3, -0.25) is 4.31 Å². The van der Waals surface area contributed by atoms with Crippen molar-refractivity contribution >= 4 is 30.1 Å². The molecule has 2 nitrogen and oxygen atoms in total. The van der Waals surface area contributed by atoms with Crippen LogP contribution in [-0.2, 0) is 0 Å². The zero-order valence-corrected chi connectivity index (χ0v) is 7.92. The van der Waals surface area contributed by atoms with Crippen molar-refractivity contribution < 1.29 is 0 Å². The summed E-state index contributed by atoms with van der Waals surface area (Å²) in [5, 5.41) is 0.361. The molecule has 0 aromatic heterocycles. The first-order valence-corrected chi connectivity index (χ1v) is 4.25. The minimum Gasteiger partial charge on any atom is -0.375 e. The molecule has 0 aromatic carbocycles. The van der Waals surface area contributed by atoms with Crippen LogP contribution in [0.1, 0.15) is 26.2 Å². The van der Waals surface area contributed by atoms with Gasteiger partial charge in [0, 0.05) is 6.54 Å². The molecular formula is C6H14N2S2. The van der Waals surface area contributed by atoms with Crippen molar-refractivity contribution in [2.45, 2.75) is 26.2 Å². The molecule has 0 radical (unpaired) electrons. The second-order valence-electron chi connectivity index (χ2n) is 2.17. The maximum absolute atomic E-state index is 5.30. The Kier molecular flexibility index (Phi) is 5.82. The Labute approximate surface area is 73.3 Å². The first-order chi connectivity index (χ1) is 4.68. The summed E-state index contributed by atoms with van der Waals surface area (Å²) < 4.78 is 1.60. The van der Waals surface area contributed by atoms with Crippen LogP contribution in [0.15, 0.2) is 0 Å². The molecule has 0 heterocycles. The Hall–Kier alpha value is 0.0400. The minimum atomic E-state index is 0.361. The van der Waals surface area contributed by atoms with E-state index in [0.29, 0.717) is 5.11 Å². The second kappa shape index (κ2) is 5.80. The predicted octanol–water partition coefficient (Wildman–Crippen LogP) is 1.57. The monoisotopic (exact) mass is 178 g/mol. The predicted molar refractivity (Wildman–Crippen MR) is 52.0 cm³/mol. The van der Waals surface area contributed by atoms with E-state index in [9.17, 15) is 0 Å². The van der Waals surface area contributed by atoms with Gasteiger partial charge in [-0.15, -0.1) is 0 Å². The van der Waals surface area contributed by atoms with Crippen LogP contribution >= 0.6 is 25.0 Å². The molecule has 4 heteroatoms. The van der Waals surface area contributed by atoms with Crippen LogP contribution in [-0.4, -0.2) is 16.0 Å². The summed E-state index contributed by atoms with van der Waals surface area (Å²) in [5.74, 6) is 0. The molecular weight excluding hydrogens is 164 g/mol. The van der Waals surface area contributed by atoms with Crippen LogP contribution in [0.2, 0.25) is 0 Å². The van der Waals surface area contributed by atoms with Gasteiger partial charge in [-0.25, -0.2) is 0 Å². The third-order valence-corrected chi connectivity index (χ3v) is 2.00. The molecule has 0 bridgehead atoms. The molecule has 0 aliphatic rings. The lowest BCUT2D eigenvalue weighted by Gasteiger charge is -2.13. The van der Waals surface area contributed by atoms with Gasteiger partial charge in [0.25, 0.3) is 0 Å². The lowest BCUT2D eigenvalue weighted by atomic mass is 10.2. The van der Waals surface area contributed by atoms with Gasteiger partial charge >= 0.3 is 0 Å². The van der Waals surface area contributed by atoms with E-state index in [4.69, 9.17) is 18.0 Å². The van der Waals surface area contributed by atoms with Crippen LogP contribution < -0.4 is 5.73 Å². The second-order valence-corrected chi connectivity index (χ2v) is 3.07. The fourth-order valence-corrected chi connectivity index (χ4v) is 0.854. The van der Waals surface area contributed by atoms with Crippen molar-refractivity contribution in [2.75, 3.05) is 6.54 Å². The lowest BCUT2D eigenvalue weighted by Crippen LogP contribution is -2.28. The Balaban J connectivity index is 3.21. The molecule has 0 rings (SSSR count). The zero-order chi connectivity index (χ0) is 7.98. The highest BCUT2D eigenvalue weighted by molar-refractivity contribution is 7.84. The Morgan fingerprint density at radius 2 is 2.20 bits per heavy atom. The highest BCUT2D eigenvalue weighted by Crippen LogP contribution is 1.99. The summed E-state index contributed by atoms with van der Waals surface area (Å²) in [6.45, 7) is 3.01. The molecule has 0 unspecified atom stereocenters. The summed E-state index contributed by atoms with van der Waals surface area (Å²) in [7, 11) is 0. The summed E-state index contributed by atoms with van der Waals surface area (Å²) in [4.78, 5) is 0. The molecule has 0 aromatic rings. The highest BCUT2D eigenvalue weighted by Gasteiger charge is 1.97. The number of thiocarbonyl (C=S) groups is 1. The number of thiol groups is 1. The first kappa shape index (κ1) is 10.0. The van der Waals surface area contributed by atoms with Gasteiger partial charge in [-0.1, -0.05) is 32.6 Å². The molecule has 0 aliphatic heterocycles. The molecule has 60 valence electrons. The van der Waals surface area contributed by atoms with Crippen LogP contribution in [0.4, 0.5) is 0 Å². The quantitative estimate of drug-likeness (QED) is 0.389. The third-order valence-electron chi connectivity index (χ3n) is 1.23. The maximum Gasteiger partial charge on any atom is 0.176 e. The molecule has 10 heavy (non-hydrogen) atoms. The molecule has 0 saturated heterocycles. The molecule has 0 aliphatic carbocycles. The highest BCUT2D eigenvalue weighted by atomic mass is 32.1. The van der Waals surface area contributed by atoms with Gasteiger partial charge in [-0.2, -0.15) is 0 Å². The number of nitrogens with zero attached hydrogens (tertiary/aromatic N) is 1. The number of rotatable bonds is 4. The first-order valence-electron chi connectivity index (χ1n) is 3.44. The molecule has 2 N–H and O–H groups in total. The van der Waals surface area contributed by atoms with E-state index < -0.39 is 0 Å². The van der Waals surface area contributed by atoms with Gasteiger partial charge < -0.3 is 5.73 Å². The average Bonchev–Trinajstić information content (AvgIpc) is 1.88. The number of unbranched alkanes of at least 4 members (excludes halogenated alkanes) is 2. The summed E-state index contributed by atoms with van der Waals surface area (Å²) in [6, 6.07) is 0. The Morgan fingerprint density at radius 3 is 2.60 bits per heavy atom. The summed E-state index contributed by atoms with van der Waals surface area (Å²) in [5.41, 5.74) is 5.30. The van der Waals surface area contributed by atoms with E-state index in [2.05, 4.69) is 19.7 Å². The fourth-order valence-electron chi connectivity index (χ4n) is 0.622. The molecule has 0 spiro atoms. The van der Waals surface area contributed by atoms with Crippen molar-refractivity contribution in [2.24, 2.45) is 5.73 Å². The van der Waals surface area contributed by atoms with Gasteiger partial charge in [0.1, 0.15) is 0 Å². The van der Waals surface area contributed by atoms with Gasteiger partial charge in [0.2, 0.25) is 0 Å². The molecule has 0 atom stereocenters. The van der Waals surface area contributed by atoms with Crippen molar-refractivity contribution in [3.05, 3.63) is 0 Å². The topological polar surface area (TPSA) is 29.3 Å². The summed E-state index contributed by atoms with van der Waals surface area (Å²) >= 11 is 8.76. The molecule has 0 saturated carbocycles. The van der Waals surface area contributed by atoms with Crippen molar-refractivity contribution in [1.82, 2.24) is 4.31 Å². The zero-order valence-electron chi connectivity index (χ0n) is 6.21. The van der Waals surface area contributed by atoms with Crippen LogP contribution in [0.3, 0.4) is 0 Å². The SMILES string of the molecule is CCCCCN(S)C(N)=S. The molecule has 0 fully saturated rings.